The fraction of sp³-hybridized carbons (Fsp3) is 0.200. The van der Waals surface area contributed by atoms with Gasteiger partial charge in [-0.3, -0.25) is 0 Å². The minimum Gasteiger partial charge on any atom is -0.459 e. The monoisotopic (exact) mass is 291 g/mol. The van der Waals surface area contributed by atoms with E-state index in [1.54, 1.807) is 11.3 Å². The largest absolute Gasteiger partial charge is 0.459 e. The SMILES string of the molecule is CC(NCc1cc(Cl)cs1)c1cc2ccccc2o1. The molecule has 19 heavy (non-hydrogen) atoms. The van der Waals surface area contributed by atoms with E-state index in [1.165, 1.54) is 4.88 Å². The lowest BCUT2D eigenvalue weighted by molar-refractivity contribution is 0.452. The van der Waals surface area contributed by atoms with Crippen LogP contribution in [0, 0.1) is 0 Å². The van der Waals surface area contributed by atoms with Gasteiger partial charge in [0.2, 0.25) is 0 Å². The smallest absolute Gasteiger partial charge is 0.134 e. The first kappa shape index (κ1) is 12.7. The molecule has 0 spiro atoms. The number of fused-ring (bicyclic) bond motifs is 1. The molecule has 0 amide bonds. The molecule has 0 bridgehead atoms. The number of nitrogens with one attached hydrogen (secondary N) is 1. The van der Waals surface area contributed by atoms with Crippen molar-refractivity contribution in [2.45, 2.75) is 19.5 Å². The maximum Gasteiger partial charge on any atom is 0.134 e. The number of hydrogen-bond donors (Lipinski definition) is 1. The number of para-hydroxylation sites is 1. The summed E-state index contributed by atoms with van der Waals surface area (Å²) in [6, 6.07) is 12.3. The van der Waals surface area contributed by atoms with E-state index >= 15 is 0 Å². The first-order valence-corrected chi connectivity index (χ1v) is 7.43. The lowest BCUT2D eigenvalue weighted by Crippen LogP contribution is -2.16. The van der Waals surface area contributed by atoms with Gasteiger partial charge in [0.05, 0.1) is 11.1 Å². The number of benzene rings is 1. The van der Waals surface area contributed by atoms with Crippen LogP contribution < -0.4 is 5.32 Å². The third-order valence-corrected chi connectivity index (χ3v) is 4.36. The summed E-state index contributed by atoms with van der Waals surface area (Å²) in [6.45, 7) is 2.91. The summed E-state index contributed by atoms with van der Waals surface area (Å²) in [5.41, 5.74) is 0.935. The van der Waals surface area contributed by atoms with E-state index in [9.17, 15) is 0 Å². The molecule has 3 aromatic rings. The summed E-state index contributed by atoms with van der Waals surface area (Å²) in [4.78, 5) is 1.23. The highest BCUT2D eigenvalue weighted by molar-refractivity contribution is 7.10. The van der Waals surface area contributed by atoms with Gasteiger partial charge < -0.3 is 9.73 Å². The Labute approximate surface area is 121 Å². The maximum absolute atomic E-state index is 5.91. The Balaban J connectivity index is 1.71. The van der Waals surface area contributed by atoms with Crippen molar-refractivity contribution in [1.82, 2.24) is 5.32 Å². The molecule has 0 aliphatic heterocycles. The molecule has 2 nitrogen and oxygen atoms in total. The molecule has 0 aliphatic rings. The fourth-order valence-corrected chi connectivity index (χ4v) is 3.04. The first-order valence-electron chi connectivity index (χ1n) is 6.17. The van der Waals surface area contributed by atoms with Crippen LogP contribution in [0.3, 0.4) is 0 Å². The predicted octanol–water partition coefficient (Wildman–Crippen LogP) is 5.00. The molecule has 0 saturated heterocycles. The van der Waals surface area contributed by atoms with Crippen LogP contribution in [0.1, 0.15) is 23.6 Å². The molecule has 0 radical (unpaired) electrons. The van der Waals surface area contributed by atoms with Gasteiger partial charge >= 0.3 is 0 Å². The predicted molar refractivity (Wildman–Crippen MR) is 80.8 cm³/mol. The summed E-state index contributed by atoms with van der Waals surface area (Å²) in [5.74, 6) is 0.962. The Morgan fingerprint density at radius 2 is 2.16 bits per heavy atom. The van der Waals surface area contributed by atoms with Gasteiger partial charge in [0.25, 0.3) is 0 Å². The highest BCUT2D eigenvalue weighted by atomic mass is 35.5. The average Bonchev–Trinajstić information content (AvgIpc) is 3.01. The molecule has 1 N–H and O–H groups in total. The second kappa shape index (κ2) is 5.37. The standard InChI is InChI=1S/C15H14ClNOS/c1-10(17-8-13-7-12(16)9-19-13)15-6-11-4-2-3-5-14(11)18-15/h2-7,9-10,17H,8H2,1H3. The molecule has 1 unspecified atom stereocenters. The van der Waals surface area contributed by atoms with Crippen LogP contribution >= 0.6 is 22.9 Å². The molecular weight excluding hydrogens is 278 g/mol. The Morgan fingerprint density at radius 3 is 2.89 bits per heavy atom. The quantitative estimate of drug-likeness (QED) is 0.732. The molecule has 0 fully saturated rings. The highest BCUT2D eigenvalue weighted by Crippen LogP contribution is 2.24. The van der Waals surface area contributed by atoms with Crippen molar-refractivity contribution in [3.63, 3.8) is 0 Å². The fourth-order valence-electron chi connectivity index (χ4n) is 2.02. The molecule has 1 atom stereocenters. The van der Waals surface area contributed by atoms with Crippen molar-refractivity contribution in [1.29, 1.82) is 0 Å². The van der Waals surface area contributed by atoms with E-state index < -0.39 is 0 Å². The van der Waals surface area contributed by atoms with Crippen molar-refractivity contribution in [3.8, 4) is 0 Å². The second-order valence-electron chi connectivity index (χ2n) is 4.52. The molecule has 1 aromatic carbocycles. The van der Waals surface area contributed by atoms with E-state index in [0.29, 0.717) is 0 Å². The van der Waals surface area contributed by atoms with E-state index in [2.05, 4.69) is 24.4 Å². The van der Waals surface area contributed by atoms with Gasteiger partial charge in [-0.25, -0.2) is 0 Å². The molecular formula is C15H14ClNOS. The molecule has 0 aliphatic carbocycles. The van der Waals surface area contributed by atoms with Gasteiger partial charge in [0, 0.05) is 22.2 Å². The summed E-state index contributed by atoms with van der Waals surface area (Å²) < 4.78 is 5.84. The minimum atomic E-state index is 0.174. The normalized spacial score (nSPS) is 12.9. The van der Waals surface area contributed by atoms with Crippen molar-refractivity contribution in [2.24, 2.45) is 0 Å². The lowest BCUT2D eigenvalue weighted by atomic mass is 10.2. The van der Waals surface area contributed by atoms with Gasteiger partial charge in [0.1, 0.15) is 11.3 Å². The van der Waals surface area contributed by atoms with E-state index in [4.69, 9.17) is 16.0 Å². The average molecular weight is 292 g/mol. The van der Waals surface area contributed by atoms with Gasteiger partial charge in [-0.2, -0.15) is 0 Å². The number of hydrogen-bond acceptors (Lipinski definition) is 3. The van der Waals surface area contributed by atoms with Gasteiger partial charge in [-0.15, -0.1) is 11.3 Å². The van der Waals surface area contributed by atoms with Crippen molar-refractivity contribution < 1.29 is 4.42 Å². The molecule has 0 saturated carbocycles. The van der Waals surface area contributed by atoms with E-state index in [-0.39, 0.29) is 6.04 Å². The molecule has 2 aromatic heterocycles. The Morgan fingerprint density at radius 1 is 1.32 bits per heavy atom. The Kier molecular flexibility index (Phi) is 3.60. The van der Waals surface area contributed by atoms with E-state index in [0.717, 1.165) is 28.3 Å². The van der Waals surface area contributed by atoms with Crippen LogP contribution in [0.4, 0.5) is 0 Å². The maximum atomic E-state index is 5.91. The summed E-state index contributed by atoms with van der Waals surface area (Å²) in [6.07, 6.45) is 0. The highest BCUT2D eigenvalue weighted by Gasteiger charge is 2.11. The summed E-state index contributed by atoms with van der Waals surface area (Å²) in [5, 5.41) is 7.34. The molecule has 4 heteroatoms. The Hall–Kier alpha value is -1.29. The van der Waals surface area contributed by atoms with Crippen LogP contribution in [0.15, 0.2) is 46.2 Å². The number of thiophene rings is 1. The molecule has 3 rings (SSSR count). The molecule has 98 valence electrons. The van der Waals surface area contributed by atoms with Crippen LogP contribution in [0.2, 0.25) is 5.02 Å². The van der Waals surface area contributed by atoms with Crippen LogP contribution in [-0.4, -0.2) is 0 Å². The van der Waals surface area contributed by atoms with Crippen molar-refractivity contribution in [2.75, 3.05) is 0 Å². The Bertz CT molecular complexity index is 655. The summed E-state index contributed by atoms with van der Waals surface area (Å²) >= 11 is 7.58. The van der Waals surface area contributed by atoms with Crippen LogP contribution in [-0.2, 0) is 6.54 Å². The number of halogens is 1. The van der Waals surface area contributed by atoms with Crippen molar-refractivity contribution in [3.05, 3.63) is 57.4 Å². The third kappa shape index (κ3) is 2.84. The lowest BCUT2D eigenvalue weighted by Gasteiger charge is -2.09. The molecule has 2 heterocycles. The summed E-state index contributed by atoms with van der Waals surface area (Å²) in [7, 11) is 0. The van der Waals surface area contributed by atoms with Gasteiger partial charge in [-0.1, -0.05) is 29.8 Å². The van der Waals surface area contributed by atoms with E-state index in [1.807, 2.05) is 29.6 Å². The second-order valence-corrected chi connectivity index (χ2v) is 5.95. The van der Waals surface area contributed by atoms with Crippen LogP contribution in [0.25, 0.3) is 11.0 Å². The topological polar surface area (TPSA) is 25.2 Å². The zero-order valence-corrected chi connectivity index (χ0v) is 12.1. The van der Waals surface area contributed by atoms with Crippen molar-refractivity contribution >= 4 is 33.9 Å². The van der Waals surface area contributed by atoms with Gasteiger partial charge in [0.15, 0.2) is 0 Å². The van der Waals surface area contributed by atoms with Gasteiger partial charge in [-0.05, 0) is 25.1 Å². The zero-order valence-electron chi connectivity index (χ0n) is 10.5. The minimum absolute atomic E-state index is 0.174. The first-order chi connectivity index (χ1) is 9.22. The van der Waals surface area contributed by atoms with Crippen LogP contribution in [0.5, 0.6) is 0 Å². The number of furan rings is 1. The zero-order chi connectivity index (χ0) is 13.2. The third-order valence-electron chi connectivity index (χ3n) is 3.08. The number of rotatable bonds is 4.